The number of aliphatic hydroxyl groups is 1. The van der Waals surface area contributed by atoms with Gasteiger partial charge < -0.3 is 25.8 Å². The van der Waals surface area contributed by atoms with Gasteiger partial charge in [0.05, 0.1) is 42.7 Å². The number of halogens is 3. The van der Waals surface area contributed by atoms with Crippen LogP contribution in [0.5, 0.6) is 0 Å². The van der Waals surface area contributed by atoms with Gasteiger partial charge >= 0.3 is 6.43 Å². The number of benzene rings is 1. The third-order valence-electron chi connectivity index (χ3n) is 6.86. The van der Waals surface area contributed by atoms with Gasteiger partial charge in [-0.3, -0.25) is 19.2 Å². The average Bonchev–Trinajstić information content (AvgIpc) is 3.24. The predicted molar refractivity (Wildman–Crippen MR) is 124 cm³/mol. The van der Waals surface area contributed by atoms with E-state index in [9.17, 15) is 23.5 Å². The van der Waals surface area contributed by atoms with Crippen LogP contribution in [0.1, 0.15) is 6.42 Å². The predicted octanol–water partition coefficient (Wildman–Crippen LogP) is 0.568. The highest BCUT2D eigenvalue weighted by atomic mass is 19.3. The van der Waals surface area contributed by atoms with Gasteiger partial charge in [0.1, 0.15) is 5.83 Å². The molecule has 4 N–H and O–H groups in total. The first-order chi connectivity index (χ1) is 17.2. The molecule has 1 aliphatic carbocycles. The smallest absolute Gasteiger partial charge is 0.315 e. The number of rotatable bonds is 5. The number of aliphatic hydroxyl groups excluding tert-OH is 1. The largest absolute Gasteiger partial charge is 0.399 e. The third kappa shape index (κ3) is 4.49. The number of anilines is 1. The van der Waals surface area contributed by atoms with Crippen LogP contribution in [0.25, 0.3) is 10.9 Å². The molecule has 1 aromatic heterocycles. The van der Waals surface area contributed by atoms with Crippen LogP contribution < -0.4 is 16.6 Å². The number of amides is 1. The Morgan fingerprint density at radius 3 is 2.69 bits per heavy atom. The molecule has 2 aliphatic heterocycles. The van der Waals surface area contributed by atoms with Crippen molar-refractivity contribution >= 4 is 22.5 Å². The van der Waals surface area contributed by atoms with Crippen LogP contribution in [0.3, 0.4) is 0 Å². The molecule has 5 rings (SSSR count). The molecule has 10 nitrogen and oxygen atoms in total. The molecule has 3 atom stereocenters. The first-order valence-corrected chi connectivity index (χ1v) is 11.7. The zero-order valence-electron chi connectivity index (χ0n) is 19.3. The maximum absolute atomic E-state index is 15.3. The van der Waals surface area contributed by atoms with E-state index in [-0.39, 0.29) is 24.5 Å². The second-order valence-electron chi connectivity index (χ2n) is 9.06. The lowest BCUT2D eigenvalue weighted by Gasteiger charge is -2.32. The highest BCUT2D eigenvalue weighted by Crippen LogP contribution is 2.30. The number of nitrogens with two attached hydrogens (primary N) is 1. The molecule has 2 unspecified atom stereocenters. The second kappa shape index (κ2) is 9.64. The molecule has 13 heteroatoms. The summed E-state index contributed by atoms with van der Waals surface area (Å²) < 4.78 is 48.9. The fraction of sp³-hybridized carbons (Fsp3) is 0.478. The highest BCUT2D eigenvalue weighted by Gasteiger charge is 2.35. The van der Waals surface area contributed by atoms with E-state index in [1.54, 1.807) is 22.9 Å². The Morgan fingerprint density at radius 1 is 1.22 bits per heavy atom. The van der Waals surface area contributed by atoms with Crippen LogP contribution in [0, 0.1) is 0 Å². The van der Waals surface area contributed by atoms with Crippen molar-refractivity contribution in [2.75, 3.05) is 31.9 Å². The summed E-state index contributed by atoms with van der Waals surface area (Å²) in [5, 5.41) is 12.9. The minimum atomic E-state index is -3.14. The molecule has 0 saturated carbocycles. The Balaban J connectivity index is 1.23. The molecule has 0 bridgehead atoms. The number of carbonyl (C=O) groups excluding carboxylic acids is 1. The van der Waals surface area contributed by atoms with Gasteiger partial charge in [0, 0.05) is 31.0 Å². The molecular weight excluding hydrogens is 481 g/mol. The molecule has 3 heterocycles. The van der Waals surface area contributed by atoms with E-state index < -0.39 is 30.9 Å². The second-order valence-corrected chi connectivity index (χ2v) is 9.06. The van der Waals surface area contributed by atoms with Gasteiger partial charge in [0.2, 0.25) is 6.41 Å². The number of ether oxygens (including phenoxy) is 1. The minimum absolute atomic E-state index is 0.102. The fourth-order valence-electron chi connectivity index (χ4n) is 5.06. The molecule has 0 radical (unpaired) electrons. The summed E-state index contributed by atoms with van der Waals surface area (Å²) in [7, 11) is 0. The van der Waals surface area contributed by atoms with Crippen molar-refractivity contribution in [3.05, 3.63) is 52.2 Å². The number of hydrogen-bond acceptors (Lipinski definition) is 7. The fourth-order valence-corrected chi connectivity index (χ4v) is 5.06. The first kappa shape index (κ1) is 24.4. The van der Waals surface area contributed by atoms with Crippen LogP contribution in [-0.4, -0.2) is 81.3 Å². The van der Waals surface area contributed by atoms with E-state index >= 15 is 4.39 Å². The van der Waals surface area contributed by atoms with Crippen molar-refractivity contribution in [1.29, 1.82) is 0 Å². The third-order valence-corrected chi connectivity index (χ3v) is 6.86. The van der Waals surface area contributed by atoms with Crippen LogP contribution in [-0.2, 0) is 22.6 Å². The Morgan fingerprint density at radius 2 is 1.97 bits per heavy atom. The van der Waals surface area contributed by atoms with Crippen molar-refractivity contribution in [3.8, 4) is 0 Å². The van der Waals surface area contributed by atoms with Gasteiger partial charge in [0.15, 0.2) is 0 Å². The van der Waals surface area contributed by atoms with Gasteiger partial charge in [-0.1, -0.05) is 6.08 Å². The van der Waals surface area contributed by atoms with Gasteiger partial charge in [-0.15, -0.1) is 0 Å². The Bertz CT molecular complexity index is 1290. The molecule has 1 fully saturated rings. The number of nitrogens with one attached hydrogen (secondary N) is 1. The molecular formula is C23H27F3N6O4. The number of carbonyl (C=O) groups is 1. The average molecular weight is 509 g/mol. The summed E-state index contributed by atoms with van der Waals surface area (Å²) in [6, 6.07) is 4.73. The number of allylic oxidation sites excluding steroid dienone is 1. The minimum Gasteiger partial charge on any atom is -0.399 e. The topological polar surface area (TPSA) is 118 Å². The summed E-state index contributed by atoms with van der Waals surface area (Å²) in [4.78, 5) is 27.3. The van der Waals surface area contributed by atoms with Gasteiger partial charge in [0.25, 0.3) is 11.5 Å². The van der Waals surface area contributed by atoms with Gasteiger partial charge in [-0.05, 0) is 30.7 Å². The maximum atomic E-state index is 15.3. The number of nitrogens with zero attached hydrogens (tertiary/aromatic N) is 4. The summed E-state index contributed by atoms with van der Waals surface area (Å²) in [6.45, 7) is 1.82. The Kier molecular flexibility index (Phi) is 6.53. The lowest BCUT2D eigenvalue weighted by atomic mass is 10.0. The summed E-state index contributed by atoms with van der Waals surface area (Å²) >= 11 is 0. The van der Waals surface area contributed by atoms with E-state index in [1.807, 2.05) is 15.6 Å². The maximum Gasteiger partial charge on any atom is 0.315 e. The van der Waals surface area contributed by atoms with Gasteiger partial charge in [-0.2, -0.15) is 8.78 Å². The quantitative estimate of drug-likeness (QED) is 0.506. The number of hydrogen-bond donors (Lipinski definition) is 3. The lowest BCUT2D eigenvalue weighted by Crippen LogP contribution is -2.40. The van der Waals surface area contributed by atoms with Crippen molar-refractivity contribution in [2.24, 2.45) is 0 Å². The number of alkyl halides is 2. The standard InChI is InChI=1S/C23H27F3N6O4/c24-17-10-14(30-12-15(36-23(30)35)11-28-21(33)20(25)26)2-4-19(17)29-5-7-31-18-3-1-13(27)9-16(18)22(34)32(31)8-6-29/h1-3,9-10,15,19-20,23,35H,4-8,11-12,27H2,(H,28,33)/t15-,19?,23?/m0/s1. The van der Waals surface area contributed by atoms with E-state index in [2.05, 4.69) is 5.32 Å². The monoisotopic (exact) mass is 508 g/mol. The van der Waals surface area contributed by atoms with E-state index in [1.165, 1.54) is 11.0 Å². The van der Waals surface area contributed by atoms with Crippen molar-refractivity contribution in [1.82, 2.24) is 24.5 Å². The molecule has 2 aromatic rings. The summed E-state index contributed by atoms with van der Waals surface area (Å²) in [5.74, 6) is -1.80. The van der Waals surface area contributed by atoms with Crippen LogP contribution in [0.15, 0.2) is 46.7 Å². The molecule has 1 aromatic carbocycles. The van der Waals surface area contributed by atoms with E-state index in [0.29, 0.717) is 49.4 Å². The number of nitrogen functional groups attached to an aromatic ring is 1. The zero-order chi connectivity index (χ0) is 25.6. The zero-order valence-corrected chi connectivity index (χ0v) is 19.3. The molecule has 36 heavy (non-hydrogen) atoms. The van der Waals surface area contributed by atoms with E-state index in [0.717, 1.165) is 5.52 Å². The Hall–Kier alpha value is -3.29. The van der Waals surface area contributed by atoms with Crippen molar-refractivity contribution in [2.45, 2.75) is 44.5 Å². The molecule has 1 amide bonds. The SMILES string of the molecule is Nc1ccc2c(c1)c(=O)n1n2CCN(C2CC=C(N3C[C@H](CNC(=O)C(F)F)OC3O)C=C2F)CC1. The van der Waals surface area contributed by atoms with Gasteiger partial charge in [-0.25, -0.2) is 9.07 Å². The molecule has 194 valence electrons. The molecule has 1 saturated heterocycles. The van der Waals surface area contributed by atoms with Crippen LogP contribution >= 0.6 is 0 Å². The molecule has 0 spiro atoms. The molecule has 3 aliphatic rings. The summed E-state index contributed by atoms with van der Waals surface area (Å²) in [5.41, 5.74) is 7.45. The summed E-state index contributed by atoms with van der Waals surface area (Å²) in [6.07, 6.45) is -1.78. The van der Waals surface area contributed by atoms with Crippen LogP contribution in [0.4, 0.5) is 18.9 Å². The Labute approximate surface area is 204 Å². The number of aromatic nitrogens is 2. The highest BCUT2D eigenvalue weighted by molar-refractivity contribution is 5.82. The normalized spacial score (nSPS) is 25.0. The van der Waals surface area contributed by atoms with Crippen molar-refractivity contribution in [3.63, 3.8) is 0 Å². The first-order valence-electron chi connectivity index (χ1n) is 11.7. The van der Waals surface area contributed by atoms with E-state index in [4.69, 9.17) is 10.5 Å². The number of fused-ring (bicyclic) bond motifs is 3. The lowest BCUT2D eigenvalue weighted by molar-refractivity contribution is -0.143. The van der Waals surface area contributed by atoms with Crippen molar-refractivity contribution < 1.29 is 27.8 Å². The van der Waals surface area contributed by atoms with Crippen LogP contribution in [0.2, 0.25) is 0 Å².